The zero-order chi connectivity index (χ0) is 11.7. The van der Waals surface area contributed by atoms with E-state index in [1.54, 1.807) is 6.07 Å². The van der Waals surface area contributed by atoms with Crippen molar-refractivity contribution in [1.29, 1.82) is 0 Å². The molecule has 1 aliphatic carbocycles. The molecule has 0 radical (unpaired) electrons. The minimum absolute atomic E-state index is 0.196. The van der Waals surface area contributed by atoms with E-state index in [0.717, 1.165) is 11.3 Å². The van der Waals surface area contributed by atoms with E-state index < -0.39 is 11.9 Å². The zero-order valence-electron chi connectivity index (χ0n) is 8.93. The lowest BCUT2D eigenvalue weighted by Crippen LogP contribution is -2.16. The van der Waals surface area contributed by atoms with Crippen LogP contribution in [0, 0.1) is 18.8 Å². The summed E-state index contributed by atoms with van der Waals surface area (Å²) in [5.41, 5.74) is 1.78. The summed E-state index contributed by atoms with van der Waals surface area (Å²) in [7, 11) is 0. The maximum absolute atomic E-state index is 11.6. The average Bonchev–Trinajstić information content (AvgIpc) is 2.96. The Balaban J connectivity index is 1.96. The Hall–Kier alpha value is -1.84. The van der Waals surface area contributed by atoms with Crippen LogP contribution in [-0.2, 0) is 9.59 Å². The van der Waals surface area contributed by atoms with Crippen molar-refractivity contribution in [3.05, 3.63) is 29.8 Å². The highest BCUT2D eigenvalue weighted by atomic mass is 16.4. The molecule has 16 heavy (non-hydrogen) atoms. The van der Waals surface area contributed by atoms with Crippen molar-refractivity contribution in [2.24, 2.45) is 11.8 Å². The van der Waals surface area contributed by atoms with Crippen LogP contribution in [0.5, 0.6) is 0 Å². The highest BCUT2D eigenvalue weighted by molar-refractivity contribution is 5.98. The molecule has 0 bridgehead atoms. The average molecular weight is 219 g/mol. The van der Waals surface area contributed by atoms with Crippen LogP contribution in [0.15, 0.2) is 24.3 Å². The summed E-state index contributed by atoms with van der Waals surface area (Å²) >= 11 is 0. The monoisotopic (exact) mass is 219 g/mol. The largest absolute Gasteiger partial charge is 0.481 e. The van der Waals surface area contributed by atoms with Crippen LogP contribution in [0.4, 0.5) is 5.69 Å². The fourth-order valence-corrected chi connectivity index (χ4v) is 1.72. The van der Waals surface area contributed by atoms with Crippen LogP contribution in [0.25, 0.3) is 0 Å². The molecule has 2 N–H and O–H groups in total. The maximum atomic E-state index is 11.6. The minimum Gasteiger partial charge on any atom is -0.481 e. The number of anilines is 1. The molecule has 1 saturated carbocycles. The van der Waals surface area contributed by atoms with Gasteiger partial charge in [-0.05, 0) is 31.0 Å². The third kappa shape index (κ3) is 2.21. The van der Waals surface area contributed by atoms with Gasteiger partial charge in [-0.25, -0.2) is 0 Å². The first-order valence-electron chi connectivity index (χ1n) is 5.18. The third-order valence-corrected chi connectivity index (χ3v) is 2.73. The summed E-state index contributed by atoms with van der Waals surface area (Å²) in [6.45, 7) is 1.94. The number of carboxylic acid groups (broad SMARTS) is 1. The lowest BCUT2D eigenvalue weighted by Gasteiger charge is -2.04. The van der Waals surface area contributed by atoms with Gasteiger partial charge in [0.15, 0.2) is 0 Å². The van der Waals surface area contributed by atoms with Crippen LogP contribution >= 0.6 is 0 Å². The molecule has 1 aromatic carbocycles. The van der Waals surface area contributed by atoms with Gasteiger partial charge in [-0.2, -0.15) is 0 Å². The Kier molecular flexibility index (Phi) is 2.64. The number of hydrogen-bond acceptors (Lipinski definition) is 2. The van der Waals surface area contributed by atoms with Crippen molar-refractivity contribution in [1.82, 2.24) is 0 Å². The molecule has 2 atom stereocenters. The van der Waals surface area contributed by atoms with Crippen LogP contribution in [0.1, 0.15) is 12.0 Å². The molecule has 1 aromatic rings. The number of benzene rings is 1. The summed E-state index contributed by atoms with van der Waals surface area (Å²) in [5.74, 6) is -1.94. The first-order chi connectivity index (χ1) is 7.58. The molecule has 4 nitrogen and oxygen atoms in total. The molecule has 0 spiro atoms. The van der Waals surface area contributed by atoms with E-state index in [-0.39, 0.29) is 11.8 Å². The normalized spacial score (nSPS) is 22.6. The summed E-state index contributed by atoms with van der Waals surface area (Å²) in [4.78, 5) is 22.2. The van der Waals surface area contributed by atoms with Gasteiger partial charge in [-0.3, -0.25) is 9.59 Å². The number of carbonyl (C=O) groups excluding carboxylic acids is 1. The second-order valence-electron chi connectivity index (χ2n) is 4.15. The smallest absolute Gasteiger partial charge is 0.307 e. The first-order valence-corrected chi connectivity index (χ1v) is 5.18. The van der Waals surface area contributed by atoms with Gasteiger partial charge >= 0.3 is 5.97 Å². The molecule has 0 heterocycles. The molecule has 0 aliphatic heterocycles. The number of aryl methyl sites for hydroxylation is 1. The molecular formula is C12H13NO3. The van der Waals surface area contributed by atoms with E-state index >= 15 is 0 Å². The molecular weight excluding hydrogens is 206 g/mol. The van der Waals surface area contributed by atoms with Crippen LogP contribution in [0.3, 0.4) is 0 Å². The number of carbonyl (C=O) groups is 2. The quantitative estimate of drug-likeness (QED) is 0.812. The number of hydrogen-bond donors (Lipinski definition) is 2. The van der Waals surface area contributed by atoms with Gasteiger partial charge in [0.2, 0.25) is 5.91 Å². The fourth-order valence-electron chi connectivity index (χ4n) is 1.72. The number of nitrogens with one attached hydrogen (secondary N) is 1. The molecule has 0 saturated heterocycles. The van der Waals surface area contributed by atoms with Gasteiger partial charge in [0.1, 0.15) is 0 Å². The molecule has 2 rings (SSSR count). The van der Waals surface area contributed by atoms with Gasteiger partial charge < -0.3 is 10.4 Å². The van der Waals surface area contributed by atoms with Crippen molar-refractivity contribution in [3.8, 4) is 0 Å². The second kappa shape index (κ2) is 3.96. The van der Waals surface area contributed by atoms with E-state index in [2.05, 4.69) is 5.32 Å². The lowest BCUT2D eigenvalue weighted by atomic mass is 10.2. The van der Waals surface area contributed by atoms with Crippen LogP contribution in [0.2, 0.25) is 0 Å². The first kappa shape index (κ1) is 10.7. The summed E-state index contributed by atoms with van der Waals surface area (Å²) in [6, 6.07) is 7.44. The number of aliphatic carboxylic acids is 1. The fraction of sp³-hybridized carbons (Fsp3) is 0.333. The Bertz CT molecular complexity index is 442. The summed E-state index contributed by atoms with van der Waals surface area (Å²) in [6.07, 6.45) is 0.451. The minimum atomic E-state index is -0.885. The van der Waals surface area contributed by atoms with Gasteiger partial charge in [0.05, 0.1) is 11.8 Å². The number of carboxylic acids is 1. The lowest BCUT2D eigenvalue weighted by molar-refractivity contribution is -0.139. The van der Waals surface area contributed by atoms with E-state index in [0.29, 0.717) is 6.42 Å². The zero-order valence-corrected chi connectivity index (χ0v) is 8.93. The Labute approximate surface area is 93.3 Å². The van der Waals surface area contributed by atoms with Gasteiger partial charge in [-0.15, -0.1) is 0 Å². The summed E-state index contributed by atoms with van der Waals surface area (Å²) in [5, 5.41) is 11.4. The Morgan fingerprint density at radius 3 is 2.69 bits per heavy atom. The molecule has 1 amide bonds. The maximum Gasteiger partial charge on any atom is 0.307 e. The van der Waals surface area contributed by atoms with Gasteiger partial charge in [0, 0.05) is 5.69 Å². The van der Waals surface area contributed by atoms with Crippen molar-refractivity contribution in [3.63, 3.8) is 0 Å². The topological polar surface area (TPSA) is 66.4 Å². The highest BCUT2D eigenvalue weighted by Gasteiger charge is 2.48. The van der Waals surface area contributed by atoms with Crippen molar-refractivity contribution >= 4 is 17.6 Å². The molecule has 4 heteroatoms. The van der Waals surface area contributed by atoms with E-state index in [4.69, 9.17) is 5.11 Å². The highest BCUT2D eigenvalue weighted by Crippen LogP contribution is 2.39. The van der Waals surface area contributed by atoms with E-state index in [1.165, 1.54) is 0 Å². The predicted octanol–water partition coefficient (Wildman–Crippen LogP) is 1.65. The van der Waals surface area contributed by atoms with Crippen molar-refractivity contribution < 1.29 is 14.7 Å². The predicted molar refractivity (Wildman–Crippen MR) is 59.0 cm³/mol. The second-order valence-corrected chi connectivity index (χ2v) is 4.15. The molecule has 84 valence electrons. The Morgan fingerprint density at radius 2 is 2.12 bits per heavy atom. The third-order valence-electron chi connectivity index (χ3n) is 2.73. The molecule has 1 aliphatic rings. The summed E-state index contributed by atoms with van der Waals surface area (Å²) < 4.78 is 0. The van der Waals surface area contributed by atoms with E-state index in [1.807, 2.05) is 25.1 Å². The van der Waals surface area contributed by atoms with Crippen molar-refractivity contribution in [2.75, 3.05) is 5.32 Å². The molecule has 1 fully saturated rings. The number of amides is 1. The standard InChI is InChI=1S/C12H13NO3/c1-7-3-2-4-8(5-7)13-11(14)9-6-10(9)12(15)16/h2-5,9-10H,6H2,1H3,(H,13,14)(H,15,16)/t9-,10+/m1/s1. The van der Waals surface area contributed by atoms with E-state index in [9.17, 15) is 9.59 Å². The van der Waals surface area contributed by atoms with Crippen molar-refractivity contribution in [2.45, 2.75) is 13.3 Å². The van der Waals surface area contributed by atoms with Crippen LogP contribution < -0.4 is 5.32 Å². The molecule has 0 unspecified atom stereocenters. The van der Waals surface area contributed by atoms with Crippen LogP contribution in [-0.4, -0.2) is 17.0 Å². The molecule has 0 aromatic heterocycles. The Morgan fingerprint density at radius 1 is 1.38 bits per heavy atom. The van der Waals surface area contributed by atoms with Gasteiger partial charge in [-0.1, -0.05) is 12.1 Å². The van der Waals surface area contributed by atoms with Gasteiger partial charge in [0.25, 0.3) is 0 Å². The SMILES string of the molecule is Cc1cccc(NC(=O)[C@@H]2C[C@@H]2C(=O)O)c1. The number of rotatable bonds is 3.